The molecule has 2 aromatic heterocycles. The van der Waals surface area contributed by atoms with Crippen LogP contribution in [-0.4, -0.2) is 44.9 Å². The number of aryl methyl sites for hydroxylation is 1. The number of nitrogens with two attached hydrogens (primary N) is 1. The Balaban J connectivity index is 1.67. The number of carbonyl (C=O) groups is 1. The third-order valence-electron chi connectivity index (χ3n) is 5.02. The lowest BCUT2D eigenvalue weighted by Gasteiger charge is -2.36. The van der Waals surface area contributed by atoms with E-state index < -0.39 is 24.2 Å². The second kappa shape index (κ2) is 7.25. The zero-order chi connectivity index (χ0) is 19.8. The van der Waals surface area contributed by atoms with Crippen LogP contribution in [0.4, 0.5) is 0 Å². The van der Waals surface area contributed by atoms with Crippen molar-refractivity contribution in [3.8, 4) is 0 Å². The van der Waals surface area contributed by atoms with Crippen LogP contribution in [0.15, 0.2) is 34.2 Å². The van der Waals surface area contributed by atoms with Crippen LogP contribution in [0.3, 0.4) is 0 Å². The monoisotopic (exact) mass is 435 g/mol. The molecule has 144 valence electrons. The molecular formula is C17H23BBrN5O3. The molecule has 0 aromatic carbocycles. The molecule has 10 heteroatoms. The highest BCUT2D eigenvalue weighted by atomic mass is 79.9. The van der Waals surface area contributed by atoms with Crippen molar-refractivity contribution in [1.29, 1.82) is 0 Å². The molecular weight excluding hydrogens is 413 g/mol. The molecule has 3 heterocycles. The summed E-state index contributed by atoms with van der Waals surface area (Å²) in [5, 5.41) is 8.50. The van der Waals surface area contributed by atoms with Gasteiger partial charge in [0, 0.05) is 41.8 Å². The number of amides is 1. The summed E-state index contributed by atoms with van der Waals surface area (Å²) in [5.74, 6) is -0.530. The maximum absolute atomic E-state index is 11.4. The lowest BCUT2D eigenvalue weighted by Crippen LogP contribution is -2.44. The van der Waals surface area contributed by atoms with Gasteiger partial charge in [-0.3, -0.25) is 9.48 Å². The third kappa shape index (κ3) is 4.02. The highest BCUT2D eigenvalue weighted by molar-refractivity contribution is 9.10. The molecule has 0 aliphatic carbocycles. The number of hydrogen-bond donors (Lipinski definition) is 1. The Labute approximate surface area is 167 Å². The van der Waals surface area contributed by atoms with Gasteiger partial charge in [-0.1, -0.05) is 0 Å². The minimum atomic E-state index is -0.530. The Morgan fingerprint density at radius 1 is 1.41 bits per heavy atom. The van der Waals surface area contributed by atoms with Gasteiger partial charge < -0.3 is 15.0 Å². The second-order valence-electron chi connectivity index (χ2n) is 7.35. The summed E-state index contributed by atoms with van der Waals surface area (Å²) in [6, 6.07) is 1.64. The number of aromatic nitrogens is 3. The van der Waals surface area contributed by atoms with Crippen molar-refractivity contribution >= 4 is 40.6 Å². The lowest BCUT2D eigenvalue weighted by atomic mass is 9.82. The van der Waals surface area contributed by atoms with Crippen molar-refractivity contribution in [3.05, 3.63) is 34.8 Å². The number of primary amides is 1. The smallest absolute Gasteiger partial charge is 0.399 e. The van der Waals surface area contributed by atoms with E-state index in [-0.39, 0.29) is 0 Å². The number of rotatable bonds is 6. The molecule has 2 aromatic rings. The Kier molecular flexibility index (Phi) is 5.33. The highest BCUT2D eigenvalue weighted by Gasteiger charge is 2.54. The van der Waals surface area contributed by atoms with Gasteiger partial charge in [0.1, 0.15) is 5.69 Å². The SMILES string of the molecule is Cn1cc(B2OC(C)(C)C(C)(CC/C=N\n3cc(Br)cc3C(N)=O)O2)cn1. The average molecular weight is 436 g/mol. The molecule has 1 fully saturated rings. The topological polar surface area (TPSA) is 96.7 Å². The van der Waals surface area contributed by atoms with Crippen molar-refractivity contribution < 1.29 is 14.1 Å². The maximum atomic E-state index is 11.4. The lowest BCUT2D eigenvalue weighted by molar-refractivity contribution is -0.0138. The van der Waals surface area contributed by atoms with E-state index in [0.29, 0.717) is 18.5 Å². The molecule has 3 rings (SSSR count). The molecule has 1 saturated heterocycles. The zero-order valence-electron chi connectivity index (χ0n) is 15.8. The molecule has 1 aliphatic rings. The van der Waals surface area contributed by atoms with Crippen LogP contribution in [0.25, 0.3) is 0 Å². The van der Waals surface area contributed by atoms with Crippen molar-refractivity contribution in [3.63, 3.8) is 0 Å². The number of hydrogen-bond acceptors (Lipinski definition) is 5. The first-order chi connectivity index (χ1) is 12.6. The number of nitrogens with zero attached hydrogens (tertiary/aromatic N) is 4. The summed E-state index contributed by atoms with van der Waals surface area (Å²) in [4.78, 5) is 11.4. The van der Waals surface area contributed by atoms with Crippen LogP contribution in [-0.2, 0) is 16.4 Å². The molecule has 0 spiro atoms. The van der Waals surface area contributed by atoms with Crippen molar-refractivity contribution in [2.24, 2.45) is 17.9 Å². The van der Waals surface area contributed by atoms with Crippen LogP contribution >= 0.6 is 15.9 Å². The van der Waals surface area contributed by atoms with Crippen LogP contribution in [0.1, 0.15) is 44.1 Å². The predicted octanol–water partition coefficient (Wildman–Crippen LogP) is 1.68. The Bertz CT molecular complexity index is 878. The van der Waals surface area contributed by atoms with Crippen LogP contribution < -0.4 is 11.2 Å². The summed E-state index contributed by atoms with van der Waals surface area (Å²) in [6.07, 6.45) is 8.44. The molecule has 8 nitrogen and oxygen atoms in total. The molecule has 0 bridgehead atoms. The zero-order valence-corrected chi connectivity index (χ0v) is 17.4. The molecule has 1 amide bonds. The number of halogens is 1. The predicted molar refractivity (Wildman–Crippen MR) is 107 cm³/mol. The minimum absolute atomic E-state index is 0.321. The Hall–Kier alpha value is -1.91. The van der Waals surface area contributed by atoms with E-state index in [1.165, 1.54) is 4.68 Å². The maximum Gasteiger partial charge on any atom is 0.498 e. The van der Waals surface area contributed by atoms with E-state index in [1.807, 2.05) is 34.0 Å². The van der Waals surface area contributed by atoms with Crippen LogP contribution in [0.5, 0.6) is 0 Å². The normalized spacial score (nSPS) is 22.0. The second-order valence-corrected chi connectivity index (χ2v) is 8.26. The van der Waals surface area contributed by atoms with E-state index in [0.717, 1.165) is 9.94 Å². The van der Waals surface area contributed by atoms with Gasteiger partial charge in [0.15, 0.2) is 0 Å². The quantitative estimate of drug-likeness (QED) is 0.551. The first-order valence-electron chi connectivity index (χ1n) is 8.66. The van der Waals surface area contributed by atoms with Gasteiger partial charge in [0.2, 0.25) is 0 Å². The van der Waals surface area contributed by atoms with Gasteiger partial charge >= 0.3 is 7.12 Å². The van der Waals surface area contributed by atoms with Gasteiger partial charge in [-0.15, -0.1) is 0 Å². The summed E-state index contributed by atoms with van der Waals surface area (Å²) < 4.78 is 16.3. The van der Waals surface area contributed by atoms with Crippen molar-refractivity contribution in [2.45, 2.75) is 44.8 Å². The van der Waals surface area contributed by atoms with E-state index in [2.05, 4.69) is 26.1 Å². The largest absolute Gasteiger partial charge is 0.498 e. The molecule has 0 radical (unpaired) electrons. The fourth-order valence-corrected chi connectivity index (χ4v) is 3.45. The van der Waals surface area contributed by atoms with Crippen molar-refractivity contribution in [2.75, 3.05) is 0 Å². The van der Waals surface area contributed by atoms with E-state index in [9.17, 15) is 4.79 Å². The van der Waals surface area contributed by atoms with Gasteiger partial charge in [0.25, 0.3) is 5.91 Å². The summed E-state index contributed by atoms with van der Waals surface area (Å²) in [7, 11) is 1.41. The van der Waals surface area contributed by atoms with Crippen molar-refractivity contribution in [1.82, 2.24) is 14.5 Å². The summed E-state index contributed by atoms with van der Waals surface area (Å²) in [5.41, 5.74) is 5.61. The molecule has 27 heavy (non-hydrogen) atoms. The molecule has 1 atom stereocenters. The molecule has 1 aliphatic heterocycles. The first-order valence-corrected chi connectivity index (χ1v) is 9.45. The summed E-state index contributed by atoms with van der Waals surface area (Å²) in [6.45, 7) is 6.09. The molecule has 2 N–H and O–H groups in total. The standard InChI is InChI=1S/C17H23BBrN5O3/c1-16(2)17(3,27-18(26-16)12-9-22-23(4)10-12)6-5-7-21-24-11-13(19)8-14(24)15(20)25/h7-11H,5-6H2,1-4H3,(H2,20,25)/b21-7-. The van der Waals surface area contributed by atoms with E-state index >= 15 is 0 Å². The fourth-order valence-electron chi connectivity index (χ4n) is 3.04. The third-order valence-corrected chi connectivity index (χ3v) is 5.45. The summed E-state index contributed by atoms with van der Waals surface area (Å²) >= 11 is 3.32. The van der Waals surface area contributed by atoms with E-state index in [4.69, 9.17) is 15.0 Å². The Morgan fingerprint density at radius 2 is 2.15 bits per heavy atom. The van der Waals surface area contributed by atoms with Gasteiger partial charge in [0.05, 0.1) is 11.2 Å². The van der Waals surface area contributed by atoms with Gasteiger partial charge in [-0.05, 0) is 55.6 Å². The first kappa shape index (κ1) is 19.8. The molecule has 0 saturated carbocycles. The number of carbonyl (C=O) groups excluding carboxylic acids is 1. The minimum Gasteiger partial charge on any atom is -0.399 e. The Morgan fingerprint density at radius 3 is 2.78 bits per heavy atom. The van der Waals surface area contributed by atoms with Crippen LogP contribution in [0, 0.1) is 0 Å². The highest BCUT2D eigenvalue weighted by Crippen LogP contribution is 2.40. The average Bonchev–Trinajstić information content (AvgIpc) is 3.22. The van der Waals surface area contributed by atoms with E-state index in [1.54, 1.807) is 29.4 Å². The van der Waals surface area contributed by atoms with Gasteiger partial charge in [-0.2, -0.15) is 10.2 Å². The van der Waals surface area contributed by atoms with Crippen LogP contribution in [0.2, 0.25) is 0 Å². The fraction of sp³-hybridized carbons (Fsp3) is 0.471. The molecule has 1 unspecified atom stereocenters. The van der Waals surface area contributed by atoms with Gasteiger partial charge in [-0.25, -0.2) is 4.68 Å².